The predicted molar refractivity (Wildman–Crippen MR) is 85.5 cm³/mol. The van der Waals surface area contributed by atoms with E-state index < -0.39 is 0 Å². The van der Waals surface area contributed by atoms with Crippen molar-refractivity contribution in [3.63, 3.8) is 0 Å². The average Bonchev–Trinajstić information content (AvgIpc) is 3.00. The van der Waals surface area contributed by atoms with E-state index in [0.717, 1.165) is 16.9 Å². The van der Waals surface area contributed by atoms with Gasteiger partial charge >= 0.3 is 0 Å². The van der Waals surface area contributed by atoms with Crippen LogP contribution in [-0.2, 0) is 0 Å². The summed E-state index contributed by atoms with van der Waals surface area (Å²) >= 11 is 0. The van der Waals surface area contributed by atoms with Crippen LogP contribution in [0.2, 0.25) is 0 Å². The molecule has 2 N–H and O–H groups in total. The lowest BCUT2D eigenvalue weighted by atomic mass is 9.97. The van der Waals surface area contributed by atoms with Crippen molar-refractivity contribution in [3.8, 4) is 5.69 Å². The number of benzene rings is 2. The topological polar surface area (TPSA) is 43.8 Å². The Morgan fingerprint density at radius 3 is 2.52 bits per heavy atom. The van der Waals surface area contributed by atoms with Gasteiger partial charge in [0, 0.05) is 6.20 Å². The third kappa shape index (κ3) is 2.73. The summed E-state index contributed by atoms with van der Waals surface area (Å²) in [6, 6.07) is 18.2. The van der Waals surface area contributed by atoms with Gasteiger partial charge in [0.1, 0.15) is 0 Å². The molecular formula is C18H19N3. The standard InChI is InChI=1S/C18H19N3/c1-13-8-9-14(2)16(12-13)18(19)17-10-11-21(20-17)15-6-4-3-5-7-15/h3-12,18H,19H2,1-2H3. The molecule has 1 heterocycles. The molecule has 2 aromatic carbocycles. The summed E-state index contributed by atoms with van der Waals surface area (Å²) in [6.45, 7) is 4.17. The van der Waals surface area contributed by atoms with Crippen LogP contribution in [0.5, 0.6) is 0 Å². The largest absolute Gasteiger partial charge is 0.319 e. The van der Waals surface area contributed by atoms with Gasteiger partial charge in [0.25, 0.3) is 0 Å². The number of aromatic nitrogens is 2. The third-order valence-electron chi connectivity index (χ3n) is 3.72. The zero-order valence-corrected chi connectivity index (χ0v) is 12.3. The zero-order chi connectivity index (χ0) is 14.8. The summed E-state index contributed by atoms with van der Waals surface area (Å²) in [5, 5.41) is 4.62. The Labute approximate surface area is 125 Å². The predicted octanol–water partition coefficient (Wildman–Crippen LogP) is 3.54. The molecule has 1 aromatic heterocycles. The second-order valence-corrected chi connectivity index (χ2v) is 5.36. The molecule has 0 spiro atoms. The summed E-state index contributed by atoms with van der Waals surface area (Å²) in [7, 11) is 0. The molecule has 1 unspecified atom stereocenters. The van der Waals surface area contributed by atoms with Crippen molar-refractivity contribution in [2.45, 2.75) is 19.9 Å². The molecule has 3 aromatic rings. The number of nitrogens with zero attached hydrogens (tertiary/aromatic N) is 2. The Morgan fingerprint density at radius 2 is 1.76 bits per heavy atom. The molecule has 3 nitrogen and oxygen atoms in total. The molecule has 0 saturated carbocycles. The molecule has 1 atom stereocenters. The van der Waals surface area contributed by atoms with E-state index in [9.17, 15) is 0 Å². The number of rotatable bonds is 3. The number of para-hydroxylation sites is 1. The first-order chi connectivity index (χ1) is 10.1. The smallest absolute Gasteiger partial charge is 0.0841 e. The molecule has 0 aliphatic carbocycles. The Kier molecular flexibility index (Phi) is 3.59. The van der Waals surface area contributed by atoms with Crippen LogP contribution in [0, 0.1) is 13.8 Å². The Balaban J connectivity index is 1.94. The van der Waals surface area contributed by atoms with Gasteiger partial charge < -0.3 is 5.73 Å². The fourth-order valence-corrected chi connectivity index (χ4v) is 2.48. The van der Waals surface area contributed by atoms with Crippen LogP contribution in [0.15, 0.2) is 60.8 Å². The van der Waals surface area contributed by atoms with Crippen molar-refractivity contribution < 1.29 is 0 Å². The van der Waals surface area contributed by atoms with E-state index in [2.05, 4.69) is 37.1 Å². The van der Waals surface area contributed by atoms with Crippen LogP contribution in [0.25, 0.3) is 5.69 Å². The minimum Gasteiger partial charge on any atom is -0.319 e. The lowest BCUT2D eigenvalue weighted by Crippen LogP contribution is -2.14. The van der Waals surface area contributed by atoms with Gasteiger partial charge in [-0.25, -0.2) is 4.68 Å². The lowest BCUT2D eigenvalue weighted by molar-refractivity contribution is 0.768. The Bertz CT molecular complexity index is 744. The van der Waals surface area contributed by atoms with Gasteiger partial charge in [-0.15, -0.1) is 0 Å². The first kappa shape index (κ1) is 13.6. The maximum Gasteiger partial charge on any atom is 0.0841 e. The minimum absolute atomic E-state index is 0.199. The highest BCUT2D eigenvalue weighted by Crippen LogP contribution is 2.23. The number of hydrogen-bond acceptors (Lipinski definition) is 2. The van der Waals surface area contributed by atoms with Crippen molar-refractivity contribution in [1.29, 1.82) is 0 Å². The quantitative estimate of drug-likeness (QED) is 0.795. The molecule has 3 heteroatoms. The van der Waals surface area contributed by atoms with E-state index in [0.29, 0.717) is 0 Å². The second kappa shape index (κ2) is 5.54. The van der Waals surface area contributed by atoms with Crippen LogP contribution < -0.4 is 5.73 Å². The van der Waals surface area contributed by atoms with Gasteiger partial charge in [0.05, 0.1) is 17.4 Å². The van der Waals surface area contributed by atoms with Gasteiger partial charge in [-0.2, -0.15) is 5.10 Å². The maximum absolute atomic E-state index is 6.40. The molecule has 0 aliphatic rings. The summed E-state index contributed by atoms with van der Waals surface area (Å²) in [5.74, 6) is 0. The first-order valence-corrected chi connectivity index (χ1v) is 7.09. The van der Waals surface area contributed by atoms with Crippen molar-refractivity contribution in [3.05, 3.63) is 83.2 Å². The highest BCUT2D eigenvalue weighted by molar-refractivity contribution is 5.37. The molecule has 0 radical (unpaired) electrons. The molecule has 0 fully saturated rings. The monoisotopic (exact) mass is 277 g/mol. The normalized spacial score (nSPS) is 12.3. The van der Waals surface area contributed by atoms with Crippen molar-refractivity contribution in [2.24, 2.45) is 5.73 Å². The molecule has 0 saturated heterocycles. The summed E-state index contributed by atoms with van der Waals surface area (Å²) < 4.78 is 1.86. The van der Waals surface area contributed by atoms with Crippen molar-refractivity contribution in [2.75, 3.05) is 0 Å². The van der Waals surface area contributed by atoms with Gasteiger partial charge in [-0.3, -0.25) is 0 Å². The average molecular weight is 277 g/mol. The molecule has 21 heavy (non-hydrogen) atoms. The van der Waals surface area contributed by atoms with Gasteiger partial charge in [0.2, 0.25) is 0 Å². The molecular weight excluding hydrogens is 258 g/mol. The highest BCUT2D eigenvalue weighted by atomic mass is 15.3. The Hall–Kier alpha value is -2.39. The number of aryl methyl sites for hydroxylation is 2. The van der Waals surface area contributed by atoms with E-state index in [1.54, 1.807) is 0 Å². The molecule has 106 valence electrons. The van der Waals surface area contributed by atoms with E-state index in [4.69, 9.17) is 5.73 Å². The molecule has 0 aliphatic heterocycles. The maximum atomic E-state index is 6.40. The van der Waals surface area contributed by atoms with Crippen LogP contribution in [-0.4, -0.2) is 9.78 Å². The summed E-state index contributed by atoms with van der Waals surface area (Å²) in [5.41, 5.74) is 11.9. The van der Waals surface area contributed by atoms with Crippen LogP contribution >= 0.6 is 0 Å². The third-order valence-corrected chi connectivity index (χ3v) is 3.72. The van der Waals surface area contributed by atoms with Crippen molar-refractivity contribution in [1.82, 2.24) is 9.78 Å². The van der Waals surface area contributed by atoms with E-state index in [-0.39, 0.29) is 6.04 Å². The summed E-state index contributed by atoms with van der Waals surface area (Å²) in [4.78, 5) is 0. The Morgan fingerprint density at radius 1 is 1.00 bits per heavy atom. The lowest BCUT2D eigenvalue weighted by Gasteiger charge is -2.13. The number of hydrogen-bond donors (Lipinski definition) is 1. The fourth-order valence-electron chi connectivity index (χ4n) is 2.48. The first-order valence-electron chi connectivity index (χ1n) is 7.09. The highest BCUT2D eigenvalue weighted by Gasteiger charge is 2.14. The SMILES string of the molecule is Cc1ccc(C)c(C(N)c2ccn(-c3ccccc3)n2)c1. The zero-order valence-electron chi connectivity index (χ0n) is 12.3. The van der Waals surface area contributed by atoms with Gasteiger partial charge in [-0.1, -0.05) is 42.0 Å². The summed E-state index contributed by atoms with van der Waals surface area (Å²) in [6.07, 6.45) is 1.95. The molecule has 3 rings (SSSR count). The van der Waals surface area contributed by atoms with Crippen molar-refractivity contribution >= 4 is 0 Å². The van der Waals surface area contributed by atoms with E-state index in [1.807, 2.05) is 47.3 Å². The van der Waals surface area contributed by atoms with Gasteiger partial charge in [-0.05, 0) is 43.2 Å². The second-order valence-electron chi connectivity index (χ2n) is 5.36. The van der Waals surface area contributed by atoms with E-state index >= 15 is 0 Å². The van der Waals surface area contributed by atoms with Gasteiger partial charge in [0.15, 0.2) is 0 Å². The molecule has 0 amide bonds. The number of nitrogens with two attached hydrogens (primary N) is 1. The van der Waals surface area contributed by atoms with Crippen LogP contribution in [0.3, 0.4) is 0 Å². The van der Waals surface area contributed by atoms with E-state index in [1.165, 1.54) is 11.1 Å². The fraction of sp³-hybridized carbons (Fsp3) is 0.167. The minimum atomic E-state index is -0.199. The van der Waals surface area contributed by atoms with Crippen LogP contribution in [0.4, 0.5) is 0 Å². The molecule has 0 bridgehead atoms. The van der Waals surface area contributed by atoms with Crippen LogP contribution in [0.1, 0.15) is 28.4 Å².